The van der Waals surface area contributed by atoms with Gasteiger partial charge in [-0.2, -0.15) is 0 Å². The summed E-state index contributed by atoms with van der Waals surface area (Å²) in [6.07, 6.45) is 2.03. The number of rotatable bonds is 8. The maximum absolute atomic E-state index is 4.19. The zero-order chi connectivity index (χ0) is 15.1. The van der Waals surface area contributed by atoms with E-state index in [9.17, 15) is 0 Å². The molecule has 114 valence electrons. The van der Waals surface area contributed by atoms with Crippen LogP contribution in [0.1, 0.15) is 25.1 Å². The van der Waals surface area contributed by atoms with E-state index in [0.29, 0.717) is 5.92 Å². The number of benzene rings is 1. The van der Waals surface area contributed by atoms with Crippen LogP contribution in [-0.2, 0) is 13.1 Å². The summed E-state index contributed by atoms with van der Waals surface area (Å²) in [7, 11) is 0. The average Bonchev–Trinajstić information content (AvgIpc) is 2.88. The highest BCUT2D eigenvalue weighted by atomic mass is 32.2. The predicted molar refractivity (Wildman–Crippen MR) is 88.5 cm³/mol. The standard InChI is InChI=1S/C16H24N4S/c1-13(2)10-17-11-15-12-20(19-18-15)8-9-21-16-6-4-14(3)5-7-16/h4-7,12-13,17H,8-11H2,1-3H3. The highest BCUT2D eigenvalue weighted by Crippen LogP contribution is 2.18. The lowest BCUT2D eigenvalue weighted by atomic mass is 10.2. The number of thioether (sulfide) groups is 1. The van der Waals surface area contributed by atoms with Crippen molar-refractivity contribution in [3.05, 3.63) is 41.7 Å². The molecule has 0 unspecified atom stereocenters. The van der Waals surface area contributed by atoms with Crippen LogP contribution in [-0.4, -0.2) is 27.3 Å². The molecule has 0 spiro atoms. The van der Waals surface area contributed by atoms with Crippen molar-refractivity contribution in [1.82, 2.24) is 20.3 Å². The fourth-order valence-electron chi connectivity index (χ4n) is 1.91. The van der Waals surface area contributed by atoms with E-state index in [1.165, 1.54) is 10.5 Å². The fourth-order valence-corrected chi connectivity index (χ4v) is 2.75. The Bertz CT molecular complexity index is 533. The van der Waals surface area contributed by atoms with Gasteiger partial charge in [0, 0.05) is 23.4 Å². The topological polar surface area (TPSA) is 42.7 Å². The number of aryl methyl sites for hydroxylation is 2. The minimum absolute atomic E-state index is 0.658. The number of hydrogen-bond donors (Lipinski definition) is 1. The minimum Gasteiger partial charge on any atom is -0.311 e. The second-order valence-corrected chi connectivity index (χ2v) is 6.83. The summed E-state index contributed by atoms with van der Waals surface area (Å²) in [6, 6.07) is 8.64. The Morgan fingerprint density at radius 2 is 2.00 bits per heavy atom. The quantitative estimate of drug-likeness (QED) is 0.761. The first-order valence-electron chi connectivity index (χ1n) is 7.42. The van der Waals surface area contributed by atoms with E-state index in [1.807, 2.05) is 22.6 Å². The van der Waals surface area contributed by atoms with Gasteiger partial charge in [0.2, 0.25) is 0 Å². The summed E-state index contributed by atoms with van der Waals surface area (Å²) < 4.78 is 1.92. The minimum atomic E-state index is 0.658. The number of nitrogens with zero attached hydrogens (tertiary/aromatic N) is 3. The second kappa shape index (κ2) is 8.20. The zero-order valence-electron chi connectivity index (χ0n) is 13.0. The molecule has 0 amide bonds. The summed E-state index contributed by atoms with van der Waals surface area (Å²) >= 11 is 1.85. The van der Waals surface area contributed by atoms with Crippen LogP contribution in [0.5, 0.6) is 0 Å². The fraction of sp³-hybridized carbons (Fsp3) is 0.500. The van der Waals surface area contributed by atoms with Crippen molar-refractivity contribution in [3.63, 3.8) is 0 Å². The SMILES string of the molecule is Cc1ccc(SCCn2cc(CNCC(C)C)nn2)cc1. The molecule has 1 aromatic carbocycles. The van der Waals surface area contributed by atoms with Gasteiger partial charge in [0.1, 0.15) is 0 Å². The molecule has 0 atom stereocenters. The molecule has 1 aromatic heterocycles. The van der Waals surface area contributed by atoms with E-state index in [1.54, 1.807) is 0 Å². The maximum atomic E-state index is 4.19. The first kappa shape index (κ1) is 16.0. The van der Waals surface area contributed by atoms with Crippen LogP contribution >= 0.6 is 11.8 Å². The van der Waals surface area contributed by atoms with Crippen molar-refractivity contribution in [2.75, 3.05) is 12.3 Å². The van der Waals surface area contributed by atoms with Gasteiger partial charge in [0.05, 0.1) is 12.2 Å². The van der Waals surface area contributed by atoms with Gasteiger partial charge in [-0.1, -0.05) is 36.8 Å². The number of hydrogen-bond acceptors (Lipinski definition) is 4. The Hall–Kier alpha value is -1.33. The van der Waals surface area contributed by atoms with Gasteiger partial charge in [0.25, 0.3) is 0 Å². The maximum Gasteiger partial charge on any atom is 0.0964 e. The lowest BCUT2D eigenvalue weighted by Gasteiger charge is -2.04. The van der Waals surface area contributed by atoms with Crippen LogP contribution in [0.4, 0.5) is 0 Å². The lowest BCUT2D eigenvalue weighted by molar-refractivity contribution is 0.548. The van der Waals surface area contributed by atoms with Crippen LogP contribution in [0.25, 0.3) is 0 Å². The van der Waals surface area contributed by atoms with Crippen molar-refractivity contribution >= 4 is 11.8 Å². The molecule has 0 saturated heterocycles. The van der Waals surface area contributed by atoms with E-state index >= 15 is 0 Å². The third-order valence-corrected chi connectivity index (χ3v) is 4.05. The second-order valence-electron chi connectivity index (χ2n) is 5.66. The first-order valence-corrected chi connectivity index (χ1v) is 8.41. The molecule has 0 aliphatic heterocycles. The molecule has 2 rings (SSSR count). The summed E-state index contributed by atoms with van der Waals surface area (Å²) in [5, 5.41) is 11.7. The summed E-state index contributed by atoms with van der Waals surface area (Å²) in [6.45, 7) is 9.20. The van der Waals surface area contributed by atoms with Gasteiger partial charge in [-0.3, -0.25) is 4.68 Å². The highest BCUT2D eigenvalue weighted by molar-refractivity contribution is 7.99. The lowest BCUT2D eigenvalue weighted by Crippen LogP contribution is -2.19. The Morgan fingerprint density at radius 3 is 2.71 bits per heavy atom. The Labute approximate surface area is 131 Å². The van der Waals surface area contributed by atoms with Crippen molar-refractivity contribution in [2.24, 2.45) is 5.92 Å². The summed E-state index contributed by atoms with van der Waals surface area (Å²) in [5.74, 6) is 1.66. The van der Waals surface area contributed by atoms with E-state index in [2.05, 4.69) is 60.7 Å². The zero-order valence-corrected chi connectivity index (χ0v) is 13.9. The smallest absolute Gasteiger partial charge is 0.0964 e. The van der Waals surface area contributed by atoms with Crippen LogP contribution < -0.4 is 5.32 Å². The molecule has 0 aliphatic rings. The third kappa shape index (κ3) is 5.89. The van der Waals surface area contributed by atoms with E-state index < -0.39 is 0 Å². The van der Waals surface area contributed by atoms with Crippen LogP contribution in [0.3, 0.4) is 0 Å². The third-order valence-electron chi connectivity index (χ3n) is 3.05. The molecule has 0 saturated carbocycles. The molecule has 0 aliphatic carbocycles. The van der Waals surface area contributed by atoms with Gasteiger partial charge in [-0.05, 0) is 31.5 Å². The Kier molecular flexibility index (Phi) is 6.26. The largest absolute Gasteiger partial charge is 0.311 e. The molecule has 1 heterocycles. The van der Waals surface area contributed by atoms with Gasteiger partial charge in [-0.15, -0.1) is 16.9 Å². The van der Waals surface area contributed by atoms with Crippen molar-refractivity contribution in [3.8, 4) is 0 Å². The molecule has 1 N–H and O–H groups in total. The van der Waals surface area contributed by atoms with Crippen LogP contribution in [0.15, 0.2) is 35.4 Å². The molecular formula is C16H24N4S. The monoisotopic (exact) mass is 304 g/mol. The highest BCUT2D eigenvalue weighted by Gasteiger charge is 2.02. The Morgan fingerprint density at radius 1 is 1.24 bits per heavy atom. The van der Waals surface area contributed by atoms with E-state index in [0.717, 1.165) is 31.1 Å². The molecule has 0 bridgehead atoms. The molecular weight excluding hydrogens is 280 g/mol. The van der Waals surface area contributed by atoms with Gasteiger partial charge in [0.15, 0.2) is 0 Å². The first-order chi connectivity index (χ1) is 10.1. The Balaban J connectivity index is 1.71. The average molecular weight is 304 g/mol. The molecule has 5 heteroatoms. The van der Waals surface area contributed by atoms with Crippen LogP contribution in [0.2, 0.25) is 0 Å². The molecule has 0 fully saturated rings. The molecule has 2 aromatic rings. The van der Waals surface area contributed by atoms with E-state index in [4.69, 9.17) is 0 Å². The van der Waals surface area contributed by atoms with Crippen molar-refractivity contribution < 1.29 is 0 Å². The van der Waals surface area contributed by atoms with E-state index in [-0.39, 0.29) is 0 Å². The predicted octanol–water partition coefficient (Wildman–Crippen LogP) is 3.12. The normalized spacial score (nSPS) is 11.2. The summed E-state index contributed by atoms with van der Waals surface area (Å²) in [4.78, 5) is 1.31. The van der Waals surface area contributed by atoms with Gasteiger partial charge in [-0.25, -0.2) is 0 Å². The molecule has 4 nitrogen and oxygen atoms in total. The van der Waals surface area contributed by atoms with Crippen LogP contribution in [0, 0.1) is 12.8 Å². The van der Waals surface area contributed by atoms with Crippen molar-refractivity contribution in [2.45, 2.75) is 38.8 Å². The van der Waals surface area contributed by atoms with Gasteiger partial charge >= 0.3 is 0 Å². The number of nitrogens with one attached hydrogen (secondary N) is 1. The number of aromatic nitrogens is 3. The van der Waals surface area contributed by atoms with Gasteiger partial charge < -0.3 is 5.32 Å². The molecule has 21 heavy (non-hydrogen) atoms. The van der Waals surface area contributed by atoms with Crippen molar-refractivity contribution in [1.29, 1.82) is 0 Å². The summed E-state index contributed by atoms with van der Waals surface area (Å²) in [5.41, 5.74) is 2.31. The molecule has 0 radical (unpaired) electrons.